The van der Waals surface area contributed by atoms with Crippen molar-refractivity contribution in [3.63, 3.8) is 0 Å². The van der Waals surface area contributed by atoms with Gasteiger partial charge in [0.2, 0.25) is 17.7 Å². The van der Waals surface area contributed by atoms with E-state index in [1.165, 1.54) is 14.2 Å². The molecule has 0 spiro atoms. The van der Waals surface area contributed by atoms with Crippen LogP contribution in [0, 0.1) is 0 Å². The van der Waals surface area contributed by atoms with E-state index < -0.39 is 35.5 Å². The van der Waals surface area contributed by atoms with Gasteiger partial charge in [0.15, 0.2) is 5.78 Å². The fourth-order valence-corrected chi connectivity index (χ4v) is 4.99. The van der Waals surface area contributed by atoms with Crippen LogP contribution in [-0.2, 0) is 41.5 Å². The second kappa shape index (κ2) is 15.1. The number of nitrogens with zero attached hydrogens (tertiary/aromatic N) is 1. The Bertz CT molecular complexity index is 1290. The summed E-state index contributed by atoms with van der Waals surface area (Å²) in [4.78, 5) is 55.2. The Morgan fingerprint density at radius 1 is 0.864 bits per heavy atom. The minimum Gasteiger partial charge on any atom is -0.497 e. The van der Waals surface area contributed by atoms with Crippen molar-refractivity contribution in [3.8, 4) is 11.5 Å². The van der Waals surface area contributed by atoms with Crippen molar-refractivity contribution in [2.75, 3.05) is 53.7 Å². The number of amides is 3. The molecule has 3 amide bonds. The molecule has 2 heterocycles. The molecule has 0 radical (unpaired) electrons. The Hall–Kier alpha value is -4.00. The van der Waals surface area contributed by atoms with Gasteiger partial charge in [-0.25, -0.2) is 0 Å². The van der Waals surface area contributed by atoms with Crippen molar-refractivity contribution in [1.82, 2.24) is 20.9 Å². The SMILES string of the molecule is COc1cc(C[C@H](NC(=O)[C@H](C)NC(=O)CN2CCOCC2)C(=O)N[C@@H](Cc2ccccc2)C(=O)[C@@]2(C)CO2)cc(OC)c1. The molecule has 4 rings (SSSR count). The van der Waals surface area contributed by atoms with Gasteiger partial charge in [0, 0.05) is 25.6 Å². The van der Waals surface area contributed by atoms with Crippen LogP contribution < -0.4 is 25.4 Å². The molecular formula is C32H42N4O8. The number of ether oxygens (including phenoxy) is 4. The van der Waals surface area contributed by atoms with Crippen LogP contribution in [-0.4, -0.2) is 106 Å². The van der Waals surface area contributed by atoms with E-state index >= 15 is 0 Å². The molecule has 2 aromatic carbocycles. The molecular weight excluding hydrogens is 568 g/mol. The maximum absolute atomic E-state index is 13.9. The number of rotatable bonds is 15. The van der Waals surface area contributed by atoms with Gasteiger partial charge in [0.25, 0.3) is 0 Å². The number of ketones is 1. The summed E-state index contributed by atoms with van der Waals surface area (Å²) in [5.41, 5.74) is 0.560. The molecule has 0 aliphatic carbocycles. The average Bonchev–Trinajstić information content (AvgIpc) is 3.78. The molecule has 238 valence electrons. The van der Waals surface area contributed by atoms with Crippen LogP contribution in [0.5, 0.6) is 11.5 Å². The highest BCUT2D eigenvalue weighted by molar-refractivity contribution is 5.98. The van der Waals surface area contributed by atoms with Crippen LogP contribution in [0.15, 0.2) is 48.5 Å². The summed E-state index contributed by atoms with van der Waals surface area (Å²) < 4.78 is 21.5. The van der Waals surface area contributed by atoms with Gasteiger partial charge in [-0.3, -0.25) is 24.1 Å². The van der Waals surface area contributed by atoms with Crippen molar-refractivity contribution in [2.24, 2.45) is 0 Å². The zero-order chi connectivity index (χ0) is 31.7. The number of hydrogen-bond acceptors (Lipinski definition) is 9. The first-order valence-electron chi connectivity index (χ1n) is 14.7. The summed E-state index contributed by atoms with van der Waals surface area (Å²) in [6, 6.07) is 11.7. The van der Waals surface area contributed by atoms with Crippen molar-refractivity contribution < 1.29 is 38.1 Å². The van der Waals surface area contributed by atoms with Crippen LogP contribution in [0.1, 0.15) is 25.0 Å². The lowest BCUT2D eigenvalue weighted by atomic mass is 9.94. The summed E-state index contributed by atoms with van der Waals surface area (Å²) in [5.74, 6) is -0.607. The normalized spacial score (nSPS) is 20.0. The molecule has 0 bridgehead atoms. The van der Waals surface area contributed by atoms with E-state index in [1.807, 2.05) is 35.2 Å². The first-order chi connectivity index (χ1) is 21.1. The second-order valence-electron chi connectivity index (χ2n) is 11.3. The van der Waals surface area contributed by atoms with Gasteiger partial charge in [-0.1, -0.05) is 30.3 Å². The van der Waals surface area contributed by atoms with Crippen molar-refractivity contribution in [1.29, 1.82) is 0 Å². The van der Waals surface area contributed by atoms with E-state index in [9.17, 15) is 19.2 Å². The minimum absolute atomic E-state index is 0.0690. The maximum atomic E-state index is 13.9. The van der Waals surface area contributed by atoms with Crippen LogP contribution in [0.4, 0.5) is 0 Å². The highest BCUT2D eigenvalue weighted by atomic mass is 16.6. The van der Waals surface area contributed by atoms with Crippen LogP contribution in [0.25, 0.3) is 0 Å². The van der Waals surface area contributed by atoms with Gasteiger partial charge in [0.1, 0.15) is 29.2 Å². The van der Waals surface area contributed by atoms with E-state index in [0.29, 0.717) is 43.4 Å². The Kier molecular flexibility index (Phi) is 11.3. The lowest BCUT2D eigenvalue weighted by Gasteiger charge is -2.27. The van der Waals surface area contributed by atoms with Gasteiger partial charge in [-0.2, -0.15) is 0 Å². The van der Waals surface area contributed by atoms with E-state index in [1.54, 1.807) is 32.0 Å². The van der Waals surface area contributed by atoms with Gasteiger partial charge < -0.3 is 34.9 Å². The molecule has 0 unspecified atom stereocenters. The molecule has 12 heteroatoms. The lowest BCUT2D eigenvalue weighted by Crippen LogP contribution is -2.57. The van der Waals surface area contributed by atoms with Crippen LogP contribution >= 0.6 is 0 Å². The van der Waals surface area contributed by atoms with Crippen molar-refractivity contribution >= 4 is 23.5 Å². The molecule has 2 saturated heterocycles. The zero-order valence-electron chi connectivity index (χ0n) is 25.7. The summed E-state index contributed by atoms with van der Waals surface area (Å²) in [6.07, 6.45) is 0.325. The zero-order valence-corrected chi connectivity index (χ0v) is 25.7. The van der Waals surface area contributed by atoms with Crippen LogP contribution in [0.2, 0.25) is 0 Å². The fraction of sp³-hybridized carbons (Fsp3) is 0.500. The lowest BCUT2D eigenvalue weighted by molar-refractivity contribution is -0.134. The van der Waals surface area contributed by atoms with Gasteiger partial charge in [-0.15, -0.1) is 0 Å². The quantitative estimate of drug-likeness (QED) is 0.247. The topological polar surface area (TPSA) is 148 Å². The largest absolute Gasteiger partial charge is 0.497 e. The highest BCUT2D eigenvalue weighted by Gasteiger charge is 2.50. The predicted molar refractivity (Wildman–Crippen MR) is 161 cm³/mol. The monoisotopic (exact) mass is 610 g/mol. The molecule has 0 saturated carbocycles. The van der Waals surface area contributed by atoms with Crippen molar-refractivity contribution in [2.45, 2.75) is 50.4 Å². The smallest absolute Gasteiger partial charge is 0.243 e. The van der Waals surface area contributed by atoms with E-state index in [-0.39, 0.29) is 37.7 Å². The summed E-state index contributed by atoms with van der Waals surface area (Å²) >= 11 is 0. The predicted octanol–water partition coefficient (Wildman–Crippen LogP) is 0.654. The molecule has 12 nitrogen and oxygen atoms in total. The third-order valence-electron chi connectivity index (χ3n) is 7.74. The molecule has 44 heavy (non-hydrogen) atoms. The van der Waals surface area contributed by atoms with Crippen LogP contribution in [0.3, 0.4) is 0 Å². The highest BCUT2D eigenvalue weighted by Crippen LogP contribution is 2.29. The number of benzene rings is 2. The molecule has 3 N–H and O–H groups in total. The number of nitrogens with one attached hydrogen (secondary N) is 3. The second-order valence-corrected chi connectivity index (χ2v) is 11.3. The summed E-state index contributed by atoms with van der Waals surface area (Å²) in [7, 11) is 3.04. The third-order valence-corrected chi connectivity index (χ3v) is 7.74. The van der Waals surface area contributed by atoms with E-state index in [2.05, 4.69) is 16.0 Å². The van der Waals surface area contributed by atoms with Gasteiger partial charge >= 0.3 is 0 Å². The Morgan fingerprint density at radius 2 is 1.45 bits per heavy atom. The summed E-state index contributed by atoms with van der Waals surface area (Å²) in [5, 5.41) is 8.38. The average molecular weight is 611 g/mol. The fourth-order valence-electron chi connectivity index (χ4n) is 4.99. The number of methoxy groups -OCH3 is 2. The molecule has 2 aliphatic heterocycles. The first-order valence-corrected chi connectivity index (χ1v) is 14.7. The Labute approximate surface area is 257 Å². The maximum Gasteiger partial charge on any atom is 0.243 e. The Balaban J connectivity index is 1.51. The number of morpholine rings is 1. The number of Topliss-reactive ketones (excluding diaryl/α,β-unsaturated/α-hetero) is 1. The molecule has 0 aromatic heterocycles. The number of carbonyl (C=O) groups is 4. The third kappa shape index (κ3) is 9.25. The minimum atomic E-state index is -1.09. The number of hydrogen-bond donors (Lipinski definition) is 3. The Morgan fingerprint density at radius 3 is 2.05 bits per heavy atom. The molecule has 4 atom stereocenters. The van der Waals surface area contributed by atoms with Gasteiger partial charge in [0.05, 0.1) is 46.6 Å². The van der Waals surface area contributed by atoms with Gasteiger partial charge in [-0.05, 0) is 43.5 Å². The standard InChI is InChI=1S/C32H42N4O8/c1-21(33-28(37)19-36-10-12-43-13-11-36)30(39)35-27(17-23-14-24(41-3)18-25(15-23)42-4)31(40)34-26(29(38)32(2)20-44-32)16-22-8-6-5-7-9-22/h5-9,14-15,18,21,26-27H,10-13,16-17,19-20H2,1-4H3,(H,33,37)(H,34,40)(H,35,39)/t21-,26-,27-,32+/m0/s1. The van der Waals surface area contributed by atoms with E-state index in [0.717, 1.165) is 5.56 Å². The number of carbonyl (C=O) groups excluding carboxylic acids is 4. The molecule has 2 aliphatic rings. The molecule has 2 aromatic rings. The first kappa shape index (κ1) is 32.9. The number of epoxide rings is 1. The summed E-state index contributed by atoms with van der Waals surface area (Å²) in [6.45, 7) is 6.03. The van der Waals surface area contributed by atoms with E-state index in [4.69, 9.17) is 18.9 Å². The molecule has 2 fully saturated rings. The van der Waals surface area contributed by atoms with Crippen molar-refractivity contribution in [3.05, 3.63) is 59.7 Å².